The second kappa shape index (κ2) is 3.69. The topological polar surface area (TPSA) is 69.2 Å². The van der Waals surface area contributed by atoms with Gasteiger partial charge in [-0.15, -0.1) is 0 Å². The normalized spacial score (nSPS) is 10.1. The van der Waals surface area contributed by atoms with Gasteiger partial charge in [-0.2, -0.15) is 0 Å². The number of hydrogen-bond acceptors (Lipinski definition) is 3. The molecule has 0 aliphatic heterocycles. The van der Waals surface area contributed by atoms with Crippen molar-refractivity contribution in [2.24, 2.45) is 0 Å². The highest BCUT2D eigenvalue weighted by molar-refractivity contribution is 9.10. The van der Waals surface area contributed by atoms with Gasteiger partial charge in [0.2, 0.25) is 0 Å². The summed E-state index contributed by atoms with van der Waals surface area (Å²) in [6.45, 7) is 0. The van der Waals surface area contributed by atoms with Crippen LogP contribution in [0.5, 0.6) is 0 Å². The van der Waals surface area contributed by atoms with Gasteiger partial charge in [-0.05, 0) is 22.0 Å². The third-order valence-electron chi connectivity index (χ3n) is 1.35. The summed E-state index contributed by atoms with van der Waals surface area (Å²) in [4.78, 5) is 9.88. The van der Waals surface area contributed by atoms with Crippen molar-refractivity contribution >= 4 is 50.5 Å². The van der Waals surface area contributed by atoms with Gasteiger partial charge in [0.25, 0.3) is 0 Å². The highest BCUT2D eigenvalue weighted by atomic mass is 79.9. The van der Waals surface area contributed by atoms with Gasteiger partial charge in [0.1, 0.15) is 10.2 Å². The molecule has 0 amide bonds. The van der Waals surface area contributed by atoms with Crippen molar-refractivity contribution in [1.82, 2.24) is 0 Å². The second-order valence-electron chi connectivity index (χ2n) is 2.18. The minimum Gasteiger partial charge on any atom is -0.393 e. The van der Waals surface area contributed by atoms with Crippen LogP contribution in [0.2, 0.25) is 10.0 Å². The van der Waals surface area contributed by atoms with Gasteiger partial charge in [0, 0.05) is 0 Å². The fourth-order valence-electron chi connectivity index (χ4n) is 0.789. The van der Waals surface area contributed by atoms with Crippen molar-refractivity contribution in [2.75, 3.05) is 5.73 Å². The van der Waals surface area contributed by atoms with Gasteiger partial charge in [0.05, 0.1) is 15.0 Å². The lowest BCUT2D eigenvalue weighted by Gasteiger charge is -2.03. The highest BCUT2D eigenvalue weighted by Gasteiger charge is 2.21. The van der Waals surface area contributed by atoms with Crippen LogP contribution in [0.4, 0.5) is 11.4 Å². The van der Waals surface area contributed by atoms with Crippen LogP contribution in [0.15, 0.2) is 10.5 Å². The molecular formula is C6H3BrCl2N2O2. The molecule has 7 heteroatoms. The first kappa shape index (κ1) is 10.6. The van der Waals surface area contributed by atoms with Gasteiger partial charge in [-0.3, -0.25) is 10.1 Å². The molecule has 13 heavy (non-hydrogen) atoms. The maximum atomic E-state index is 10.5. The van der Waals surface area contributed by atoms with Crippen molar-refractivity contribution in [3.05, 3.63) is 30.7 Å². The van der Waals surface area contributed by atoms with E-state index in [1.54, 1.807) is 0 Å². The zero-order chi connectivity index (χ0) is 10.2. The van der Waals surface area contributed by atoms with Gasteiger partial charge in [0.15, 0.2) is 0 Å². The lowest BCUT2D eigenvalue weighted by Crippen LogP contribution is -1.97. The largest absolute Gasteiger partial charge is 0.393 e. The maximum Gasteiger partial charge on any atom is 0.307 e. The van der Waals surface area contributed by atoms with E-state index < -0.39 is 4.92 Å². The van der Waals surface area contributed by atoms with Gasteiger partial charge in [-0.1, -0.05) is 23.2 Å². The van der Waals surface area contributed by atoms with E-state index in [1.807, 2.05) is 0 Å². The minimum atomic E-state index is -0.623. The van der Waals surface area contributed by atoms with E-state index in [9.17, 15) is 10.1 Å². The number of hydrogen-bond donors (Lipinski definition) is 1. The summed E-state index contributed by atoms with van der Waals surface area (Å²) in [6, 6.07) is 1.24. The molecule has 0 radical (unpaired) electrons. The number of anilines is 1. The fraction of sp³-hybridized carbons (Fsp3) is 0. The number of rotatable bonds is 1. The zero-order valence-electron chi connectivity index (χ0n) is 6.05. The maximum absolute atomic E-state index is 10.5. The first-order valence-electron chi connectivity index (χ1n) is 3.02. The molecule has 4 nitrogen and oxygen atoms in total. The van der Waals surface area contributed by atoms with Crippen LogP contribution in [0.3, 0.4) is 0 Å². The quantitative estimate of drug-likeness (QED) is 0.373. The fourth-order valence-corrected chi connectivity index (χ4v) is 1.85. The number of nitro groups is 1. The summed E-state index contributed by atoms with van der Waals surface area (Å²) in [5, 5.41) is 10.8. The summed E-state index contributed by atoms with van der Waals surface area (Å²) < 4.78 is 0.101. The van der Waals surface area contributed by atoms with E-state index in [-0.39, 0.29) is 25.9 Å². The standard InChI is InChI=1S/C6H3BrCl2N2O2/c7-4-5(9)2(8)1-3(10)6(4)11(12)13/h1H,10H2. The van der Waals surface area contributed by atoms with Crippen LogP contribution in [0.25, 0.3) is 0 Å². The molecule has 0 aliphatic rings. The summed E-state index contributed by atoms with van der Waals surface area (Å²) >= 11 is 14.2. The molecule has 0 heterocycles. The third kappa shape index (κ3) is 1.87. The Balaban J connectivity index is 3.53. The Morgan fingerprint density at radius 1 is 1.54 bits per heavy atom. The summed E-state index contributed by atoms with van der Waals surface area (Å²) in [7, 11) is 0. The minimum absolute atomic E-state index is 0.0220. The SMILES string of the molecule is Nc1cc(Cl)c(Cl)c(Br)c1[N+](=O)[O-]. The molecule has 0 bridgehead atoms. The smallest absolute Gasteiger partial charge is 0.307 e. The van der Waals surface area contributed by atoms with Crippen LogP contribution >= 0.6 is 39.1 Å². The monoisotopic (exact) mass is 284 g/mol. The first-order chi connectivity index (χ1) is 5.95. The number of nitrogens with zero attached hydrogens (tertiary/aromatic N) is 1. The van der Waals surface area contributed by atoms with E-state index in [4.69, 9.17) is 28.9 Å². The van der Waals surface area contributed by atoms with E-state index in [0.717, 1.165) is 0 Å². The van der Waals surface area contributed by atoms with Crippen LogP contribution in [-0.2, 0) is 0 Å². The summed E-state index contributed by atoms with van der Waals surface area (Å²) in [6.07, 6.45) is 0. The van der Waals surface area contributed by atoms with Crippen LogP contribution in [-0.4, -0.2) is 4.92 Å². The molecule has 0 atom stereocenters. The summed E-state index contributed by atoms with van der Waals surface area (Å²) in [5.41, 5.74) is 5.09. The van der Waals surface area contributed by atoms with Crippen LogP contribution in [0.1, 0.15) is 0 Å². The van der Waals surface area contributed by atoms with Gasteiger partial charge >= 0.3 is 5.69 Å². The number of nitro benzene ring substituents is 1. The van der Waals surface area contributed by atoms with Crippen LogP contribution < -0.4 is 5.73 Å². The van der Waals surface area contributed by atoms with Crippen molar-refractivity contribution in [2.45, 2.75) is 0 Å². The van der Waals surface area contributed by atoms with E-state index in [1.165, 1.54) is 6.07 Å². The Bertz CT molecular complexity index is 383. The Hall–Kier alpha value is -0.520. The lowest BCUT2D eigenvalue weighted by atomic mass is 10.3. The molecule has 0 fully saturated rings. The predicted molar refractivity (Wildman–Crippen MR) is 55.2 cm³/mol. The number of nitrogens with two attached hydrogens (primary N) is 1. The highest BCUT2D eigenvalue weighted by Crippen LogP contribution is 2.41. The molecule has 2 N–H and O–H groups in total. The molecule has 0 spiro atoms. The predicted octanol–water partition coefficient (Wildman–Crippen LogP) is 3.25. The molecule has 70 valence electrons. The van der Waals surface area contributed by atoms with Crippen molar-refractivity contribution in [3.63, 3.8) is 0 Å². The molecule has 0 saturated carbocycles. The Labute approximate surface area is 91.9 Å². The van der Waals surface area contributed by atoms with Gasteiger partial charge < -0.3 is 5.73 Å². The van der Waals surface area contributed by atoms with Crippen LogP contribution in [0, 0.1) is 10.1 Å². The van der Waals surface area contributed by atoms with E-state index in [0.29, 0.717) is 0 Å². The third-order valence-corrected chi connectivity index (χ3v) is 3.14. The van der Waals surface area contributed by atoms with Gasteiger partial charge in [-0.25, -0.2) is 0 Å². The average molecular weight is 286 g/mol. The van der Waals surface area contributed by atoms with E-state index in [2.05, 4.69) is 15.9 Å². The van der Waals surface area contributed by atoms with Crippen molar-refractivity contribution < 1.29 is 4.92 Å². The first-order valence-corrected chi connectivity index (χ1v) is 4.57. The number of nitrogen functional groups attached to an aromatic ring is 1. The zero-order valence-corrected chi connectivity index (χ0v) is 9.15. The van der Waals surface area contributed by atoms with E-state index >= 15 is 0 Å². The van der Waals surface area contributed by atoms with Crippen molar-refractivity contribution in [1.29, 1.82) is 0 Å². The lowest BCUT2D eigenvalue weighted by molar-refractivity contribution is -0.384. The average Bonchev–Trinajstić information content (AvgIpc) is 1.99. The number of halogens is 3. The Kier molecular flexibility index (Phi) is 3.00. The Morgan fingerprint density at radius 3 is 2.54 bits per heavy atom. The molecule has 0 aliphatic carbocycles. The number of benzene rings is 1. The molecule has 0 aromatic heterocycles. The molecule has 1 aromatic rings. The second-order valence-corrected chi connectivity index (χ2v) is 3.76. The molecular weight excluding hydrogens is 283 g/mol. The summed E-state index contributed by atoms with van der Waals surface area (Å²) in [5.74, 6) is 0. The Morgan fingerprint density at radius 2 is 2.08 bits per heavy atom. The molecule has 0 unspecified atom stereocenters. The molecule has 0 saturated heterocycles. The molecule has 1 rings (SSSR count). The van der Waals surface area contributed by atoms with Crippen molar-refractivity contribution in [3.8, 4) is 0 Å². The molecule has 1 aromatic carbocycles.